The number of nitriles is 1. The van der Waals surface area contributed by atoms with Gasteiger partial charge in [-0.2, -0.15) is 18.4 Å². The van der Waals surface area contributed by atoms with Gasteiger partial charge in [0.15, 0.2) is 0 Å². The number of alkyl halides is 3. The first kappa shape index (κ1) is 12.7. The maximum Gasteiger partial charge on any atom is 0.433 e. The summed E-state index contributed by atoms with van der Waals surface area (Å²) in [5.74, 6) is 0.169. The summed E-state index contributed by atoms with van der Waals surface area (Å²) >= 11 is 0. The molecule has 0 bridgehead atoms. The van der Waals surface area contributed by atoms with Crippen LogP contribution in [0.1, 0.15) is 29.7 Å². The van der Waals surface area contributed by atoms with Gasteiger partial charge >= 0.3 is 6.18 Å². The summed E-state index contributed by atoms with van der Waals surface area (Å²) in [6.45, 7) is 2.82. The van der Waals surface area contributed by atoms with Gasteiger partial charge in [0, 0.05) is 13.1 Å². The van der Waals surface area contributed by atoms with Gasteiger partial charge in [0.05, 0.1) is 5.56 Å². The zero-order valence-corrected chi connectivity index (χ0v) is 9.88. The van der Waals surface area contributed by atoms with E-state index in [-0.39, 0.29) is 11.4 Å². The summed E-state index contributed by atoms with van der Waals surface area (Å²) in [7, 11) is 0. The molecule has 0 amide bonds. The van der Waals surface area contributed by atoms with Gasteiger partial charge in [0.25, 0.3) is 0 Å². The first-order valence-electron chi connectivity index (χ1n) is 5.67. The van der Waals surface area contributed by atoms with Gasteiger partial charge in [0.1, 0.15) is 17.6 Å². The lowest BCUT2D eigenvalue weighted by Gasteiger charge is -2.20. The van der Waals surface area contributed by atoms with Gasteiger partial charge in [-0.1, -0.05) is 0 Å². The topological polar surface area (TPSA) is 39.9 Å². The van der Waals surface area contributed by atoms with E-state index in [1.165, 1.54) is 6.92 Å². The van der Waals surface area contributed by atoms with E-state index in [4.69, 9.17) is 5.26 Å². The summed E-state index contributed by atoms with van der Waals surface area (Å²) in [5.41, 5.74) is -0.368. The van der Waals surface area contributed by atoms with Crippen LogP contribution in [0, 0.1) is 18.3 Å². The maximum absolute atomic E-state index is 12.7. The molecule has 18 heavy (non-hydrogen) atoms. The number of hydrogen-bond acceptors (Lipinski definition) is 3. The Morgan fingerprint density at radius 3 is 2.44 bits per heavy atom. The second-order valence-corrected chi connectivity index (χ2v) is 4.33. The van der Waals surface area contributed by atoms with Crippen molar-refractivity contribution in [1.29, 1.82) is 5.26 Å². The van der Waals surface area contributed by atoms with E-state index in [0.29, 0.717) is 18.7 Å². The Bertz CT molecular complexity index is 497. The molecule has 0 aromatic carbocycles. The fourth-order valence-electron chi connectivity index (χ4n) is 2.10. The van der Waals surface area contributed by atoms with Gasteiger partial charge in [-0.05, 0) is 31.4 Å². The van der Waals surface area contributed by atoms with E-state index in [2.05, 4.69) is 4.98 Å². The third-order valence-corrected chi connectivity index (χ3v) is 3.01. The van der Waals surface area contributed by atoms with Gasteiger partial charge in [-0.3, -0.25) is 0 Å². The monoisotopic (exact) mass is 255 g/mol. The number of anilines is 1. The first-order chi connectivity index (χ1) is 8.43. The van der Waals surface area contributed by atoms with Crippen LogP contribution in [0.5, 0.6) is 0 Å². The van der Waals surface area contributed by atoms with E-state index in [0.717, 1.165) is 18.9 Å². The molecule has 2 rings (SSSR count). The molecule has 1 aromatic heterocycles. The van der Waals surface area contributed by atoms with Crippen molar-refractivity contribution in [3.05, 3.63) is 22.9 Å². The largest absolute Gasteiger partial charge is 0.433 e. The van der Waals surface area contributed by atoms with Gasteiger partial charge < -0.3 is 4.90 Å². The van der Waals surface area contributed by atoms with Crippen LogP contribution in [-0.4, -0.2) is 18.1 Å². The Labute approximate surface area is 103 Å². The number of halogens is 3. The van der Waals surface area contributed by atoms with Crippen LogP contribution in [0.2, 0.25) is 0 Å². The number of hydrogen-bond donors (Lipinski definition) is 0. The van der Waals surface area contributed by atoms with Crippen LogP contribution in [0.3, 0.4) is 0 Å². The Kier molecular flexibility index (Phi) is 3.16. The van der Waals surface area contributed by atoms with Crippen LogP contribution in [-0.2, 0) is 6.18 Å². The van der Waals surface area contributed by atoms with Crippen molar-refractivity contribution < 1.29 is 13.2 Å². The Balaban J connectivity index is 2.54. The van der Waals surface area contributed by atoms with Crippen molar-refractivity contribution in [2.24, 2.45) is 0 Å². The van der Waals surface area contributed by atoms with Gasteiger partial charge in [-0.25, -0.2) is 4.98 Å². The maximum atomic E-state index is 12.7. The number of aryl methyl sites for hydroxylation is 1. The summed E-state index contributed by atoms with van der Waals surface area (Å²) in [6.07, 6.45) is -2.64. The highest BCUT2D eigenvalue weighted by molar-refractivity contribution is 5.58. The SMILES string of the molecule is Cc1cc(C(F)(F)F)nc(N2CCCC2)c1C#N. The molecule has 1 fully saturated rings. The number of rotatable bonds is 1. The molecule has 96 valence electrons. The summed E-state index contributed by atoms with van der Waals surface area (Å²) in [5, 5.41) is 9.06. The van der Waals surface area contributed by atoms with Gasteiger partial charge in [-0.15, -0.1) is 0 Å². The lowest BCUT2D eigenvalue weighted by molar-refractivity contribution is -0.141. The molecule has 0 spiro atoms. The highest BCUT2D eigenvalue weighted by Crippen LogP contribution is 2.33. The standard InChI is InChI=1S/C12H12F3N3/c1-8-6-10(12(13,14)15)17-11(9(8)7-16)18-4-2-3-5-18/h6H,2-5H2,1H3. The molecule has 0 unspecified atom stereocenters. The van der Waals surface area contributed by atoms with Crippen LogP contribution >= 0.6 is 0 Å². The molecular formula is C12H12F3N3. The van der Waals surface area contributed by atoms with E-state index in [9.17, 15) is 13.2 Å². The first-order valence-corrected chi connectivity index (χ1v) is 5.67. The van der Waals surface area contributed by atoms with Crippen LogP contribution in [0.25, 0.3) is 0 Å². The summed E-state index contributed by atoms with van der Waals surface area (Å²) in [6, 6.07) is 2.88. The second-order valence-electron chi connectivity index (χ2n) is 4.33. The lowest BCUT2D eigenvalue weighted by atomic mass is 10.1. The molecule has 3 nitrogen and oxygen atoms in total. The Morgan fingerprint density at radius 2 is 1.94 bits per heavy atom. The fraction of sp³-hybridized carbons (Fsp3) is 0.500. The minimum Gasteiger partial charge on any atom is -0.356 e. The van der Waals surface area contributed by atoms with Crippen molar-refractivity contribution >= 4 is 5.82 Å². The number of pyridine rings is 1. The summed E-state index contributed by atoms with van der Waals surface area (Å²) < 4.78 is 38.1. The number of aromatic nitrogens is 1. The third-order valence-electron chi connectivity index (χ3n) is 3.01. The molecule has 0 aliphatic carbocycles. The highest BCUT2D eigenvalue weighted by atomic mass is 19.4. The zero-order chi connectivity index (χ0) is 13.3. The molecule has 6 heteroatoms. The minimum absolute atomic E-state index is 0.169. The lowest BCUT2D eigenvalue weighted by Crippen LogP contribution is -2.22. The smallest absolute Gasteiger partial charge is 0.356 e. The van der Waals surface area contributed by atoms with E-state index in [1.807, 2.05) is 6.07 Å². The fourth-order valence-corrected chi connectivity index (χ4v) is 2.10. The minimum atomic E-state index is -4.48. The number of nitrogens with zero attached hydrogens (tertiary/aromatic N) is 3. The third kappa shape index (κ3) is 2.26. The van der Waals surface area contributed by atoms with Crippen LogP contribution in [0.4, 0.5) is 19.0 Å². The highest BCUT2D eigenvalue weighted by Gasteiger charge is 2.34. The van der Waals surface area contributed by atoms with Crippen molar-refractivity contribution in [1.82, 2.24) is 4.98 Å². The van der Waals surface area contributed by atoms with Gasteiger partial charge in [0.2, 0.25) is 0 Å². The zero-order valence-electron chi connectivity index (χ0n) is 9.88. The molecule has 0 radical (unpaired) electrons. The normalized spacial score (nSPS) is 15.8. The average Bonchev–Trinajstić information content (AvgIpc) is 2.79. The molecule has 0 atom stereocenters. The Morgan fingerprint density at radius 1 is 1.33 bits per heavy atom. The van der Waals surface area contributed by atoms with Crippen molar-refractivity contribution in [2.75, 3.05) is 18.0 Å². The molecule has 1 aromatic rings. The van der Waals surface area contributed by atoms with Crippen molar-refractivity contribution in [3.63, 3.8) is 0 Å². The van der Waals surface area contributed by atoms with Crippen molar-refractivity contribution in [3.8, 4) is 6.07 Å². The van der Waals surface area contributed by atoms with E-state index in [1.54, 1.807) is 4.90 Å². The van der Waals surface area contributed by atoms with Crippen molar-refractivity contribution in [2.45, 2.75) is 25.9 Å². The predicted molar refractivity (Wildman–Crippen MR) is 60.1 cm³/mol. The van der Waals surface area contributed by atoms with E-state index < -0.39 is 11.9 Å². The van der Waals surface area contributed by atoms with E-state index >= 15 is 0 Å². The molecular weight excluding hydrogens is 243 g/mol. The van der Waals surface area contributed by atoms with Crippen LogP contribution < -0.4 is 4.90 Å². The Hall–Kier alpha value is -1.77. The molecule has 1 saturated heterocycles. The molecule has 0 N–H and O–H groups in total. The predicted octanol–water partition coefficient (Wildman–Crippen LogP) is 2.88. The van der Waals surface area contributed by atoms with Crippen LogP contribution in [0.15, 0.2) is 6.07 Å². The molecule has 1 aliphatic heterocycles. The summed E-state index contributed by atoms with van der Waals surface area (Å²) in [4.78, 5) is 5.39. The quantitative estimate of drug-likeness (QED) is 0.774. The molecule has 1 aliphatic rings. The molecule has 0 saturated carbocycles. The second kappa shape index (κ2) is 4.48. The molecule has 2 heterocycles. The average molecular weight is 255 g/mol.